The Morgan fingerprint density at radius 2 is 2.14 bits per heavy atom. The van der Waals surface area contributed by atoms with Crippen LogP contribution in [0.5, 0.6) is 0 Å². The van der Waals surface area contributed by atoms with Crippen molar-refractivity contribution < 1.29 is 14.1 Å². The third kappa shape index (κ3) is 5.14. The fraction of sp³-hybridized carbons (Fsp3) is 0.789. The third-order valence-corrected chi connectivity index (χ3v) is 4.71. The van der Waals surface area contributed by atoms with Crippen LogP contribution in [0.2, 0.25) is 0 Å². The molecular formula is C19H32N6O3. The molecule has 1 N–H and O–H groups in total. The molecule has 0 bridgehead atoms. The minimum absolute atomic E-state index is 0.216. The maximum Gasteiger partial charge on any atom is 0.410 e. The summed E-state index contributed by atoms with van der Waals surface area (Å²) in [4.78, 5) is 25.3. The predicted octanol–water partition coefficient (Wildman–Crippen LogP) is 2.01. The van der Waals surface area contributed by atoms with Gasteiger partial charge in [0.25, 0.3) is 0 Å². The van der Waals surface area contributed by atoms with Crippen LogP contribution in [0.25, 0.3) is 0 Å². The number of nitrogens with one attached hydrogen (secondary N) is 1. The molecule has 3 heterocycles. The SMILES string of the molecule is CC(C)c1noc(CCCNC2=NCC3CN(C(=O)OC(C)(C)C)CCN23)n1. The van der Waals surface area contributed by atoms with Gasteiger partial charge in [-0.15, -0.1) is 0 Å². The number of aromatic nitrogens is 2. The number of aliphatic imine (C=N–C) groups is 1. The monoisotopic (exact) mass is 392 g/mol. The first-order valence-electron chi connectivity index (χ1n) is 10.1. The number of ether oxygens (including phenoxy) is 1. The average Bonchev–Trinajstić information content (AvgIpc) is 3.24. The fourth-order valence-electron chi connectivity index (χ4n) is 3.27. The average molecular weight is 393 g/mol. The summed E-state index contributed by atoms with van der Waals surface area (Å²) in [7, 11) is 0. The van der Waals surface area contributed by atoms with Crippen LogP contribution < -0.4 is 5.32 Å². The Bertz CT molecular complexity index is 709. The lowest BCUT2D eigenvalue weighted by atomic mass is 10.2. The van der Waals surface area contributed by atoms with E-state index in [0.29, 0.717) is 25.5 Å². The van der Waals surface area contributed by atoms with E-state index in [9.17, 15) is 4.79 Å². The van der Waals surface area contributed by atoms with Gasteiger partial charge in [0.2, 0.25) is 5.89 Å². The van der Waals surface area contributed by atoms with Gasteiger partial charge in [0, 0.05) is 38.5 Å². The summed E-state index contributed by atoms with van der Waals surface area (Å²) < 4.78 is 10.8. The van der Waals surface area contributed by atoms with E-state index in [-0.39, 0.29) is 18.1 Å². The van der Waals surface area contributed by atoms with Gasteiger partial charge in [-0.3, -0.25) is 4.99 Å². The molecule has 1 fully saturated rings. The molecule has 9 nitrogen and oxygen atoms in total. The minimum Gasteiger partial charge on any atom is -0.444 e. The highest BCUT2D eigenvalue weighted by Gasteiger charge is 2.36. The molecule has 0 saturated carbocycles. The smallest absolute Gasteiger partial charge is 0.410 e. The van der Waals surface area contributed by atoms with Crippen molar-refractivity contribution in [3.05, 3.63) is 11.7 Å². The molecule has 1 aromatic heterocycles. The summed E-state index contributed by atoms with van der Waals surface area (Å²) in [6, 6.07) is 0.216. The molecule has 2 aliphatic heterocycles. The topological polar surface area (TPSA) is 96.1 Å². The first-order valence-corrected chi connectivity index (χ1v) is 10.1. The first kappa shape index (κ1) is 20.4. The lowest BCUT2D eigenvalue weighted by molar-refractivity contribution is 0.0137. The molecule has 0 aliphatic carbocycles. The Morgan fingerprint density at radius 3 is 2.82 bits per heavy atom. The Balaban J connectivity index is 1.40. The van der Waals surface area contributed by atoms with Gasteiger partial charge in [0.05, 0.1) is 12.6 Å². The molecule has 0 radical (unpaired) electrons. The van der Waals surface area contributed by atoms with Gasteiger partial charge in [-0.1, -0.05) is 19.0 Å². The highest BCUT2D eigenvalue weighted by molar-refractivity contribution is 5.82. The summed E-state index contributed by atoms with van der Waals surface area (Å²) in [5, 5.41) is 7.40. The van der Waals surface area contributed by atoms with Crippen LogP contribution in [0, 0.1) is 0 Å². The molecule has 9 heteroatoms. The van der Waals surface area contributed by atoms with Gasteiger partial charge in [0.15, 0.2) is 11.8 Å². The van der Waals surface area contributed by atoms with Crippen molar-refractivity contribution in [3.8, 4) is 0 Å². The van der Waals surface area contributed by atoms with Gasteiger partial charge >= 0.3 is 6.09 Å². The molecule has 1 unspecified atom stereocenters. The number of hydrogen-bond acceptors (Lipinski definition) is 8. The second-order valence-corrected chi connectivity index (χ2v) is 8.67. The number of carbonyl (C=O) groups is 1. The quantitative estimate of drug-likeness (QED) is 0.766. The zero-order chi connectivity index (χ0) is 20.3. The van der Waals surface area contributed by atoms with E-state index in [4.69, 9.17) is 9.26 Å². The van der Waals surface area contributed by atoms with Crippen molar-refractivity contribution in [2.24, 2.45) is 4.99 Å². The van der Waals surface area contributed by atoms with Crippen molar-refractivity contribution in [1.29, 1.82) is 0 Å². The number of hydrogen-bond donors (Lipinski definition) is 1. The zero-order valence-corrected chi connectivity index (χ0v) is 17.6. The Labute approximate surface area is 166 Å². The van der Waals surface area contributed by atoms with E-state index in [1.807, 2.05) is 34.6 Å². The van der Waals surface area contributed by atoms with E-state index < -0.39 is 5.60 Å². The maximum absolute atomic E-state index is 12.3. The molecule has 156 valence electrons. The molecule has 1 amide bonds. The molecule has 2 aliphatic rings. The summed E-state index contributed by atoms with van der Waals surface area (Å²) in [5.41, 5.74) is -0.471. The first-order chi connectivity index (χ1) is 13.2. The lowest BCUT2D eigenvalue weighted by Crippen LogP contribution is -2.57. The third-order valence-electron chi connectivity index (χ3n) is 4.71. The number of amides is 1. The van der Waals surface area contributed by atoms with Crippen LogP contribution in [-0.2, 0) is 11.2 Å². The Morgan fingerprint density at radius 1 is 1.36 bits per heavy atom. The van der Waals surface area contributed by atoms with E-state index in [1.165, 1.54) is 0 Å². The van der Waals surface area contributed by atoms with Crippen LogP contribution in [0.4, 0.5) is 4.79 Å². The standard InChI is InChI=1S/C19H32N6O3/c1-13(2)16-22-15(28-23-16)7-6-8-20-17-21-11-14-12-24(9-10-25(14)17)18(26)27-19(3,4)5/h13-14H,6-12H2,1-5H3,(H,20,21). The van der Waals surface area contributed by atoms with Crippen LogP contribution in [-0.4, -0.2) is 76.4 Å². The summed E-state index contributed by atoms with van der Waals surface area (Å²) >= 11 is 0. The van der Waals surface area contributed by atoms with Gasteiger partial charge in [-0.05, 0) is 27.2 Å². The van der Waals surface area contributed by atoms with Crippen molar-refractivity contribution in [3.63, 3.8) is 0 Å². The second-order valence-electron chi connectivity index (χ2n) is 8.67. The van der Waals surface area contributed by atoms with Gasteiger partial charge in [0.1, 0.15) is 5.60 Å². The predicted molar refractivity (Wildman–Crippen MR) is 105 cm³/mol. The van der Waals surface area contributed by atoms with Gasteiger partial charge in [-0.25, -0.2) is 4.79 Å². The summed E-state index contributed by atoms with van der Waals surface area (Å²) in [6.45, 7) is 13.3. The maximum atomic E-state index is 12.3. The van der Waals surface area contributed by atoms with Crippen LogP contribution >= 0.6 is 0 Å². The van der Waals surface area contributed by atoms with Crippen LogP contribution in [0.1, 0.15) is 58.7 Å². The largest absolute Gasteiger partial charge is 0.444 e. The number of nitrogens with zero attached hydrogens (tertiary/aromatic N) is 5. The number of aryl methyl sites for hydroxylation is 1. The van der Waals surface area contributed by atoms with Crippen molar-refractivity contribution in [1.82, 2.24) is 25.3 Å². The van der Waals surface area contributed by atoms with E-state index in [0.717, 1.165) is 37.7 Å². The molecule has 3 rings (SSSR count). The van der Waals surface area contributed by atoms with E-state index in [2.05, 4.69) is 25.3 Å². The normalized spacial score (nSPS) is 19.6. The number of fused-ring (bicyclic) bond motifs is 1. The fourth-order valence-corrected chi connectivity index (χ4v) is 3.27. The number of guanidine groups is 1. The van der Waals surface area contributed by atoms with E-state index in [1.54, 1.807) is 4.90 Å². The minimum atomic E-state index is -0.471. The molecule has 0 spiro atoms. The van der Waals surface area contributed by atoms with Gasteiger partial charge in [-0.2, -0.15) is 4.98 Å². The van der Waals surface area contributed by atoms with Crippen LogP contribution in [0.15, 0.2) is 9.52 Å². The Hall–Kier alpha value is -2.32. The molecule has 0 aromatic carbocycles. The molecule has 1 saturated heterocycles. The number of rotatable bonds is 5. The van der Waals surface area contributed by atoms with Gasteiger partial charge < -0.3 is 24.4 Å². The van der Waals surface area contributed by atoms with E-state index >= 15 is 0 Å². The highest BCUT2D eigenvalue weighted by atomic mass is 16.6. The second kappa shape index (κ2) is 8.36. The van der Waals surface area contributed by atoms with Crippen molar-refractivity contribution in [2.75, 3.05) is 32.7 Å². The summed E-state index contributed by atoms with van der Waals surface area (Å²) in [5.74, 6) is 2.64. The van der Waals surface area contributed by atoms with Crippen molar-refractivity contribution in [2.45, 2.75) is 65.0 Å². The van der Waals surface area contributed by atoms with Crippen LogP contribution in [0.3, 0.4) is 0 Å². The molecule has 28 heavy (non-hydrogen) atoms. The lowest BCUT2D eigenvalue weighted by Gasteiger charge is -2.39. The number of carbonyl (C=O) groups excluding carboxylic acids is 1. The molecule has 1 aromatic rings. The Kier molecular flexibility index (Phi) is 6.10. The molecule has 1 atom stereocenters. The molecular weight excluding hydrogens is 360 g/mol. The highest BCUT2D eigenvalue weighted by Crippen LogP contribution is 2.18. The van der Waals surface area contributed by atoms with Crippen molar-refractivity contribution >= 4 is 12.1 Å². The summed E-state index contributed by atoms with van der Waals surface area (Å²) in [6.07, 6.45) is 1.39. The zero-order valence-electron chi connectivity index (χ0n) is 17.6. The number of piperazine rings is 1.